The molecule has 1 aromatic carbocycles. The number of hydrogen-bond acceptors (Lipinski definition) is 7. The molecule has 0 N–H and O–H groups in total. The number of nitrogens with zero attached hydrogens (tertiary/aromatic N) is 5. The summed E-state index contributed by atoms with van der Waals surface area (Å²) in [7, 11) is -0.654. The molecule has 148 valence electrons. The number of imidazole rings is 1. The number of hydrogen-bond donors (Lipinski definition) is 0. The molecule has 0 aliphatic carbocycles. The van der Waals surface area contributed by atoms with Gasteiger partial charge in [0.2, 0.25) is 15.8 Å². The summed E-state index contributed by atoms with van der Waals surface area (Å²) in [6.45, 7) is 2.47. The van der Waals surface area contributed by atoms with Crippen molar-refractivity contribution in [3.8, 4) is 5.75 Å². The van der Waals surface area contributed by atoms with E-state index in [9.17, 15) is 18.5 Å². The summed E-state index contributed by atoms with van der Waals surface area (Å²) < 4.78 is 33.3. The van der Waals surface area contributed by atoms with Crippen molar-refractivity contribution in [2.75, 3.05) is 14.1 Å². The molecular formula is C17H19N5O5S. The minimum atomic E-state index is -3.58. The molecule has 28 heavy (non-hydrogen) atoms. The molecular weight excluding hydrogens is 386 g/mol. The van der Waals surface area contributed by atoms with Crippen LogP contribution in [0.1, 0.15) is 12.7 Å². The fourth-order valence-corrected chi connectivity index (χ4v) is 3.69. The molecule has 2 heterocycles. The van der Waals surface area contributed by atoms with Crippen LogP contribution in [-0.4, -0.2) is 46.3 Å². The summed E-state index contributed by atoms with van der Waals surface area (Å²) in [6, 6.07) is 7.74. The van der Waals surface area contributed by atoms with Crippen LogP contribution in [0.25, 0.3) is 11.0 Å². The van der Waals surface area contributed by atoms with Crippen LogP contribution >= 0.6 is 0 Å². The molecule has 0 bridgehead atoms. The first-order valence-electron chi connectivity index (χ1n) is 8.39. The number of aromatic nitrogens is 3. The maximum absolute atomic E-state index is 12.3. The Hall–Kier alpha value is -3.05. The molecule has 0 amide bonds. The molecule has 0 unspecified atom stereocenters. The van der Waals surface area contributed by atoms with Gasteiger partial charge in [-0.05, 0) is 47.2 Å². The summed E-state index contributed by atoms with van der Waals surface area (Å²) in [6.07, 6.45) is 1.32. The molecule has 0 atom stereocenters. The lowest BCUT2D eigenvalue weighted by Crippen LogP contribution is -2.22. The molecule has 0 spiro atoms. The van der Waals surface area contributed by atoms with E-state index in [1.165, 1.54) is 38.5 Å². The van der Waals surface area contributed by atoms with Gasteiger partial charge in [0.05, 0.1) is 15.9 Å². The molecule has 0 saturated heterocycles. The van der Waals surface area contributed by atoms with Gasteiger partial charge in [0.15, 0.2) is 0 Å². The number of aryl methyl sites for hydroxylation is 1. The highest BCUT2D eigenvalue weighted by Crippen LogP contribution is 2.26. The zero-order valence-corrected chi connectivity index (χ0v) is 16.4. The molecule has 0 aliphatic heterocycles. The lowest BCUT2D eigenvalue weighted by molar-refractivity contribution is -0.390. The van der Waals surface area contributed by atoms with Gasteiger partial charge in [0, 0.05) is 20.6 Å². The highest BCUT2D eigenvalue weighted by Gasteiger charge is 2.21. The molecule has 10 nitrogen and oxygen atoms in total. The third-order valence-corrected chi connectivity index (χ3v) is 5.99. The molecule has 0 saturated carbocycles. The van der Waals surface area contributed by atoms with Gasteiger partial charge >= 0.3 is 5.82 Å². The van der Waals surface area contributed by atoms with Crippen LogP contribution in [0.3, 0.4) is 0 Å². The van der Waals surface area contributed by atoms with Crippen LogP contribution in [0.5, 0.6) is 5.75 Å². The van der Waals surface area contributed by atoms with Crippen LogP contribution < -0.4 is 4.74 Å². The van der Waals surface area contributed by atoms with Gasteiger partial charge in [-0.25, -0.2) is 17.7 Å². The minimum Gasteiger partial charge on any atom is -0.478 e. The average Bonchev–Trinajstić information content (AvgIpc) is 3.02. The average molecular weight is 405 g/mol. The highest BCUT2D eigenvalue weighted by molar-refractivity contribution is 7.89. The quantitative estimate of drug-likeness (QED) is 0.436. The standard InChI is InChI=1S/C17H19N5O5S/c1-4-21-14-8-7-12(28(25,26)20(2)3)10-13(14)19-16(21)11-27-15-6-5-9-18-17(15)22(23)24/h5-10H,4,11H2,1-3H3. The third-order valence-electron chi connectivity index (χ3n) is 4.17. The Morgan fingerprint density at radius 3 is 2.68 bits per heavy atom. The SMILES string of the molecule is CCn1c(COc2cccnc2[N+](=O)[O-])nc2cc(S(=O)(=O)N(C)C)ccc21. The minimum absolute atomic E-state index is 0.0230. The lowest BCUT2D eigenvalue weighted by Gasteiger charge is -2.11. The molecule has 3 rings (SSSR count). The van der Waals surface area contributed by atoms with E-state index in [1.807, 2.05) is 11.5 Å². The van der Waals surface area contributed by atoms with Crippen molar-refractivity contribution in [1.29, 1.82) is 0 Å². The number of fused-ring (bicyclic) bond motifs is 1. The third kappa shape index (κ3) is 3.53. The van der Waals surface area contributed by atoms with Crippen LogP contribution in [0.2, 0.25) is 0 Å². The Morgan fingerprint density at radius 2 is 2.04 bits per heavy atom. The largest absolute Gasteiger partial charge is 0.478 e. The fraction of sp³-hybridized carbons (Fsp3) is 0.294. The van der Waals surface area contributed by atoms with Crippen molar-refractivity contribution in [2.45, 2.75) is 25.0 Å². The van der Waals surface area contributed by atoms with E-state index in [4.69, 9.17) is 4.74 Å². The first-order chi connectivity index (χ1) is 13.3. The zero-order chi connectivity index (χ0) is 20.5. The summed E-state index contributed by atoms with van der Waals surface area (Å²) >= 11 is 0. The van der Waals surface area contributed by atoms with E-state index < -0.39 is 14.9 Å². The van der Waals surface area contributed by atoms with Crippen LogP contribution in [0.4, 0.5) is 5.82 Å². The van der Waals surface area contributed by atoms with Crippen molar-refractivity contribution in [3.63, 3.8) is 0 Å². The van der Waals surface area contributed by atoms with E-state index in [1.54, 1.807) is 12.1 Å². The zero-order valence-electron chi connectivity index (χ0n) is 15.6. The first kappa shape index (κ1) is 19.7. The topological polar surface area (TPSA) is 120 Å². The van der Waals surface area contributed by atoms with Crippen molar-refractivity contribution < 1.29 is 18.1 Å². The predicted molar refractivity (Wildman–Crippen MR) is 102 cm³/mol. The molecule has 0 fully saturated rings. The summed E-state index contributed by atoms with van der Waals surface area (Å²) in [5, 5.41) is 11.1. The molecule has 0 radical (unpaired) electrons. The van der Waals surface area contributed by atoms with Gasteiger partial charge in [0.1, 0.15) is 18.6 Å². The van der Waals surface area contributed by atoms with Crippen LogP contribution in [0.15, 0.2) is 41.4 Å². The summed E-state index contributed by atoms with van der Waals surface area (Å²) in [5.41, 5.74) is 1.25. The van der Waals surface area contributed by atoms with Gasteiger partial charge in [-0.1, -0.05) is 0 Å². The second kappa shape index (κ2) is 7.52. The van der Waals surface area contributed by atoms with E-state index in [0.29, 0.717) is 17.9 Å². The fourth-order valence-electron chi connectivity index (χ4n) is 2.77. The monoisotopic (exact) mass is 405 g/mol. The number of benzene rings is 1. The Bertz CT molecular complexity index is 1140. The second-order valence-electron chi connectivity index (χ2n) is 6.08. The normalized spacial score (nSPS) is 11.9. The Morgan fingerprint density at radius 1 is 1.29 bits per heavy atom. The van der Waals surface area contributed by atoms with Gasteiger partial charge in [-0.2, -0.15) is 0 Å². The van der Waals surface area contributed by atoms with Gasteiger partial charge in [0.25, 0.3) is 0 Å². The van der Waals surface area contributed by atoms with Crippen LogP contribution in [0, 0.1) is 10.1 Å². The summed E-state index contributed by atoms with van der Waals surface area (Å²) in [4.78, 5) is 18.8. The smallest absolute Gasteiger partial charge is 0.406 e. The maximum Gasteiger partial charge on any atom is 0.406 e. The number of sulfonamides is 1. The number of rotatable bonds is 7. The van der Waals surface area contributed by atoms with Crippen molar-refractivity contribution in [2.24, 2.45) is 0 Å². The predicted octanol–water partition coefficient (Wildman–Crippen LogP) is 2.19. The Balaban J connectivity index is 1.97. The second-order valence-corrected chi connectivity index (χ2v) is 8.23. The van der Waals surface area contributed by atoms with E-state index in [-0.39, 0.29) is 23.1 Å². The Kier molecular flexibility index (Phi) is 5.29. The number of ether oxygens (including phenoxy) is 1. The lowest BCUT2D eigenvalue weighted by atomic mass is 10.3. The molecule has 2 aromatic heterocycles. The highest BCUT2D eigenvalue weighted by atomic mass is 32.2. The Labute approximate surface area is 161 Å². The number of pyridine rings is 1. The van der Waals surface area contributed by atoms with Crippen molar-refractivity contribution in [1.82, 2.24) is 18.8 Å². The molecule has 0 aliphatic rings. The van der Waals surface area contributed by atoms with Crippen LogP contribution in [-0.2, 0) is 23.2 Å². The van der Waals surface area contributed by atoms with E-state index >= 15 is 0 Å². The molecule has 3 aromatic rings. The van der Waals surface area contributed by atoms with Gasteiger partial charge in [-0.15, -0.1) is 0 Å². The van der Waals surface area contributed by atoms with Crippen molar-refractivity contribution >= 4 is 26.9 Å². The molecule has 11 heteroatoms. The number of nitro groups is 1. The van der Waals surface area contributed by atoms with E-state index in [0.717, 1.165) is 9.82 Å². The maximum atomic E-state index is 12.3. The van der Waals surface area contributed by atoms with Crippen molar-refractivity contribution in [3.05, 3.63) is 52.5 Å². The summed E-state index contributed by atoms with van der Waals surface area (Å²) in [5.74, 6) is 0.189. The van der Waals surface area contributed by atoms with Gasteiger partial charge in [-0.3, -0.25) is 0 Å². The first-order valence-corrected chi connectivity index (χ1v) is 9.83. The van der Waals surface area contributed by atoms with E-state index in [2.05, 4.69) is 9.97 Å². The van der Waals surface area contributed by atoms with Gasteiger partial charge < -0.3 is 19.4 Å².